The van der Waals surface area contributed by atoms with Crippen LogP contribution in [0.5, 0.6) is 5.75 Å². The van der Waals surface area contributed by atoms with Crippen molar-refractivity contribution in [2.24, 2.45) is 0 Å². The summed E-state index contributed by atoms with van der Waals surface area (Å²) in [7, 11) is -3.76. The van der Waals surface area contributed by atoms with Crippen LogP contribution >= 0.6 is 0 Å². The molecule has 5 nitrogen and oxygen atoms in total. The predicted octanol–water partition coefficient (Wildman–Crippen LogP) is 0.897. The van der Waals surface area contributed by atoms with Gasteiger partial charge in [-0.2, -0.15) is 0 Å². The topological polar surface area (TPSA) is 83.5 Å². The van der Waals surface area contributed by atoms with E-state index < -0.39 is 20.5 Å². The number of hydrogen-bond donors (Lipinski definition) is 2. The molecule has 6 heteroatoms. The molecule has 1 aliphatic rings. The molecule has 0 unspecified atom stereocenters. The number of carbonyl (C=O) groups is 1. The van der Waals surface area contributed by atoms with Gasteiger partial charge in [0.05, 0.1) is 10.6 Å². The molecule has 0 aromatic heterocycles. The minimum Gasteiger partial charge on any atom is -0.508 e. The number of rotatable bonds is 0. The molecule has 1 aliphatic heterocycles. The molecule has 0 saturated carbocycles. The van der Waals surface area contributed by atoms with Crippen LogP contribution in [0.3, 0.4) is 0 Å². The van der Waals surface area contributed by atoms with Crippen LogP contribution in [0.1, 0.15) is 13.8 Å². The number of aromatic hydroxyl groups is 1. The lowest BCUT2D eigenvalue weighted by molar-refractivity contribution is -0.118. The minimum absolute atomic E-state index is 0.0444. The molecule has 1 aromatic rings. The lowest BCUT2D eigenvalue weighted by Crippen LogP contribution is -2.48. The van der Waals surface area contributed by atoms with Gasteiger partial charge in [-0.15, -0.1) is 0 Å². The van der Waals surface area contributed by atoms with Crippen LogP contribution in [0.4, 0.5) is 5.69 Å². The molecule has 2 N–H and O–H groups in total. The number of carbonyl (C=O) groups excluding carboxylic acids is 1. The number of benzene rings is 1. The van der Waals surface area contributed by atoms with Gasteiger partial charge in [-0.1, -0.05) is 0 Å². The SMILES string of the molecule is CC1(C)C(=O)Nc2ccc(O)cc2S1(=O)=O. The highest BCUT2D eigenvalue weighted by Crippen LogP contribution is 2.37. The van der Waals surface area contributed by atoms with Gasteiger partial charge in [0.15, 0.2) is 9.84 Å². The van der Waals surface area contributed by atoms with E-state index >= 15 is 0 Å². The van der Waals surface area contributed by atoms with Crippen LogP contribution in [-0.4, -0.2) is 24.2 Å². The maximum absolute atomic E-state index is 12.1. The monoisotopic (exact) mass is 241 g/mol. The molecular formula is C10H11NO4S. The lowest BCUT2D eigenvalue weighted by Gasteiger charge is -2.30. The molecule has 1 amide bonds. The van der Waals surface area contributed by atoms with Crippen LogP contribution < -0.4 is 5.32 Å². The van der Waals surface area contributed by atoms with E-state index in [2.05, 4.69) is 5.32 Å². The van der Waals surface area contributed by atoms with Gasteiger partial charge in [-0.3, -0.25) is 4.79 Å². The Bertz CT molecular complexity index is 574. The van der Waals surface area contributed by atoms with Gasteiger partial charge >= 0.3 is 0 Å². The van der Waals surface area contributed by atoms with E-state index in [1.54, 1.807) is 0 Å². The molecule has 0 bridgehead atoms. The zero-order chi connectivity index (χ0) is 12.1. The van der Waals surface area contributed by atoms with Crippen LogP contribution in [-0.2, 0) is 14.6 Å². The molecule has 0 saturated heterocycles. The molecule has 0 fully saturated rings. The van der Waals surface area contributed by atoms with Crippen LogP contribution in [0.15, 0.2) is 23.1 Å². The molecular weight excluding hydrogens is 230 g/mol. The van der Waals surface area contributed by atoms with Gasteiger partial charge in [0, 0.05) is 6.07 Å². The van der Waals surface area contributed by atoms with Crippen molar-refractivity contribution in [1.29, 1.82) is 0 Å². The predicted molar refractivity (Wildman–Crippen MR) is 58.0 cm³/mol. The van der Waals surface area contributed by atoms with E-state index in [0.29, 0.717) is 0 Å². The first-order chi connectivity index (χ1) is 7.26. The second-order valence-electron chi connectivity index (χ2n) is 4.15. The highest BCUT2D eigenvalue weighted by Gasteiger charge is 2.47. The number of amides is 1. The molecule has 1 aromatic carbocycles. The second kappa shape index (κ2) is 2.98. The fraction of sp³-hybridized carbons (Fsp3) is 0.300. The zero-order valence-corrected chi connectivity index (χ0v) is 9.63. The Balaban J connectivity index is 2.79. The molecule has 16 heavy (non-hydrogen) atoms. The van der Waals surface area contributed by atoms with Crippen molar-refractivity contribution in [3.8, 4) is 5.75 Å². The Kier molecular flexibility index (Phi) is 2.03. The van der Waals surface area contributed by atoms with E-state index in [-0.39, 0.29) is 16.3 Å². The summed E-state index contributed by atoms with van der Waals surface area (Å²) in [6.07, 6.45) is 0. The fourth-order valence-corrected chi connectivity index (χ4v) is 3.04. The van der Waals surface area contributed by atoms with Gasteiger partial charge < -0.3 is 10.4 Å². The third-order valence-corrected chi connectivity index (χ3v) is 5.17. The molecule has 2 rings (SSSR count). The number of phenolic OH excluding ortho intramolecular Hbond substituents is 1. The molecule has 0 radical (unpaired) electrons. The summed E-state index contributed by atoms with van der Waals surface area (Å²) in [6, 6.07) is 3.84. The highest BCUT2D eigenvalue weighted by atomic mass is 32.2. The van der Waals surface area contributed by atoms with Crippen molar-refractivity contribution in [2.75, 3.05) is 5.32 Å². The summed E-state index contributed by atoms with van der Waals surface area (Å²) in [5, 5.41) is 11.8. The second-order valence-corrected chi connectivity index (χ2v) is 6.62. The van der Waals surface area contributed by atoms with E-state index in [0.717, 1.165) is 6.07 Å². The van der Waals surface area contributed by atoms with Gasteiger partial charge in [0.25, 0.3) is 0 Å². The van der Waals surface area contributed by atoms with Crippen molar-refractivity contribution in [1.82, 2.24) is 0 Å². The first-order valence-electron chi connectivity index (χ1n) is 4.66. The quantitative estimate of drug-likeness (QED) is 0.661. The zero-order valence-electron chi connectivity index (χ0n) is 8.81. The van der Waals surface area contributed by atoms with Gasteiger partial charge in [0.2, 0.25) is 5.91 Å². The smallest absolute Gasteiger partial charge is 0.245 e. The van der Waals surface area contributed by atoms with Crippen molar-refractivity contribution < 1.29 is 18.3 Å². The largest absolute Gasteiger partial charge is 0.508 e. The standard InChI is InChI=1S/C10H11NO4S/c1-10(2)9(13)11-7-4-3-6(12)5-8(7)16(10,14)15/h3-5,12H,1-2H3,(H,11,13). The van der Waals surface area contributed by atoms with Crippen molar-refractivity contribution in [3.05, 3.63) is 18.2 Å². The summed E-state index contributed by atoms with van der Waals surface area (Å²) in [6.45, 7) is 2.68. The van der Waals surface area contributed by atoms with Crippen LogP contribution in [0, 0.1) is 0 Å². The van der Waals surface area contributed by atoms with Crippen molar-refractivity contribution in [3.63, 3.8) is 0 Å². The summed E-state index contributed by atoms with van der Waals surface area (Å²) >= 11 is 0. The maximum atomic E-state index is 12.1. The van der Waals surface area contributed by atoms with Crippen LogP contribution in [0.2, 0.25) is 0 Å². The summed E-state index contributed by atoms with van der Waals surface area (Å²) in [5.41, 5.74) is 0.210. The molecule has 0 spiro atoms. The average Bonchev–Trinajstić information content (AvgIpc) is 2.18. The Hall–Kier alpha value is -1.56. The Morgan fingerprint density at radius 2 is 1.94 bits per heavy atom. The first kappa shape index (κ1) is 10.9. The number of sulfone groups is 1. The molecule has 86 valence electrons. The normalized spacial score (nSPS) is 21.0. The number of fused-ring (bicyclic) bond motifs is 1. The van der Waals surface area contributed by atoms with E-state index in [1.807, 2.05) is 0 Å². The molecule has 0 aliphatic carbocycles. The number of anilines is 1. The number of hydrogen-bond acceptors (Lipinski definition) is 4. The number of phenols is 1. The lowest BCUT2D eigenvalue weighted by atomic mass is 10.1. The maximum Gasteiger partial charge on any atom is 0.245 e. The first-order valence-corrected chi connectivity index (χ1v) is 6.14. The third-order valence-electron chi connectivity index (χ3n) is 2.72. The Morgan fingerprint density at radius 3 is 2.56 bits per heavy atom. The van der Waals surface area contributed by atoms with Gasteiger partial charge in [-0.25, -0.2) is 8.42 Å². The van der Waals surface area contributed by atoms with Crippen molar-refractivity contribution >= 4 is 21.4 Å². The van der Waals surface area contributed by atoms with Gasteiger partial charge in [0.1, 0.15) is 10.5 Å². The Labute approximate surface area is 93.0 Å². The Morgan fingerprint density at radius 1 is 1.31 bits per heavy atom. The number of nitrogens with one attached hydrogen (secondary N) is 1. The summed E-state index contributed by atoms with van der Waals surface area (Å²) in [5.74, 6) is -0.708. The summed E-state index contributed by atoms with van der Waals surface area (Å²) in [4.78, 5) is 11.6. The summed E-state index contributed by atoms with van der Waals surface area (Å²) < 4.78 is 22.7. The molecule has 0 atom stereocenters. The van der Waals surface area contributed by atoms with Crippen LogP contribution in [0.25, 0.3) is 0 Å². The van der Waals surface area contributed by atoms with E-state index in [1.165, 1.54) is 26.0 Å². The fourth-order valence-electron chi connectivity index (χ4n) is 1.51. The third kappa shape index (κ3) is 1.23. The van der Waals surface area contributed by atoms with Crippen molar-refractivity contribution in [2.45, 2.75) is 23.5 Å². The van der Waals surface area contributed by atoms with Gasteiger partial charge in [-0.05, 0) is 26.0 Å². The minimum atomic E-state index is -3.76. The average molecular weight is 241 g/mol. The van der Waals surface area contributed by atoms with E-state index in [9.17, 15) is 18.3 Å². The molecule has 1 heterocycles. The highest BCUT2D eigenvalue weighted by molar-refractivity contribution is 7.94. The van der Waals surface area contributed by atoms with E-state index in [4.69, 9.17) is 0 Å².